The highest BCUT2D eigenvalue weighted by atomic mass is 16.6. The number of rotatable bonds is 7. The van der Waals surface area contributed by atoms with E-state index in [0.717, 1.165) is 12.0 Å². The third-order valence-electron chi connectivity index (χ3n) is 4.52. The van der Waals surface area contributed by atoms with Crippen LogP contribution in [0.3, 0.4) is 0 Å². The minimum atomic E-state index is -0.745. The van der Waals surface area contributed by atoms with Crippen LogP contribution in [0.1, 0.15) is 39.2 Å². The van der Waals surface area contributed by atoms with Gasteiger partial charge < -0.3 is 9.84 Å². The van der Waals surface area contributed by atoms with Gasteiger partial charge in [-0.1, -0.05) is 51.1 Å². The SMILES string of the molecule is CC(C)CC[C@H](O)[C@@H](C)C(=O)N1C(=O)OC[C@H]1Cc1ccccc1. The van der Waals surface area contributed by atoms with Gasteiger partial charge in [0.25, 0.3) is 0 Å². The standard InChI is InChI=1S/C19H27NO4/c1-13(2)9-10-17(21)14(3)18(22)20-16(12-24-19(20)23)11-15-7-5-4-6-8-15/h4-8,13-14,16-17,21H,9-12H2,1-3H3/t14-,16-,17+/m1/s1. The number of cyclic esters (lactones) is 1. The van der Waals surface area contributed by atoms with Crippen LogP contribution < -0.4 is 0 Å². The molecule has 1 aliphatic rings. The normalized spacial score (nSPS) is 20.1. The number of carbonyl (C=O) groups excluding carboxylic acids is 2. The maximum atomic E-state index is 12.7. The van der Waals surface area contributed by atoms with E-state index in [1.54, 1.807) is 6.92 Å². The molecule has 3 atom stereocenters. The summed E-state index contributed by atoms with van der Waals surface area (Å²) in [6, 6.07) is 9.40. The van der Waals surface area contributed by atoms with Gasteiger partial charge in [0.1, 0.15) is 6.61 Å². The van der Waals surface area contributed by atoms with Crippen LogP contribution in [0, 0.1) is 11.8 Å². The fourth-order valence-corrected chi connectivity index (χ4v) is 2.90. The molecule has 1 aromatic carbocycles. The van der Waals surface area contributed by atoms with Gasteiger partial charge in [0.15, 0.2) is 0 Å². The monoisotopic (exact) mass is 333 g/mol. The molecule has 0 aromatic heterocycles. The van der Waals surface area contributed by atoms with Crippen molar-refractivity contribution in [1.29, 1.82) is 0 Å². The number of hydrogen-bond donors (Lipinski definition) is 1. The van der Waals surface area contributed by atoms with E-state index in [9.17, 15) is 14.7 Å². The number of ether oxygens (including phenoxy) is 1. The molecule has 1 aliphatic heterocycles. The molecular weight excluding hydrogens is 306 g/mol. The Morgan fingerprint density at radius 3 is 2.54 bits per heavy atom. The van der Waals surface area contributed by atoms with Crippen molar-refractivity contribution in [2.24, 2.45) is 11.8 Å². The molecule has 2 amide bonds. The highest BCUT2D eigenvalue weighted by Gasteiger charge is 2.41. The van der Waals surface area contributed by atoms with E-state index in [-0.39, 0.29) is 18.6 Å². The minimum Gasteiger partial charge on any atom is -0.447 e. The largest absolute Gasteiger partial charge is 0.447 e. The fourth-order valence-electron chi connectivity index (χ4n) is 2.90. The molecule has 1 heterocycles. The molecule has 5 nitrogen and oxygen atoms in total. The predicted octanol–water partition coefficient (Wildman–Crippen LogP) is 3.01. The number of amides is 2. The average molecular weight is 333 g/mol. The Balaban J connectivity index is 2.03. The van der Waals surface area contributed by atoms with Gasteiger partial charge in [-0.05, 0) is 30.7 Å². The van der Waals surface area contributed by atoms with Crippen molar-refractivity contribution in [2.75, 3.05) is 6.61 Å². The van der Waals surface area contributed by atoms with Crippen molar-refractivity contribution >= 4 is 12.0 Å². The zero-order valence-electron chi connectivity index (χ0n) is 14.6. The first-order valence-electron chi connectivity index (χ1n) is 8.62. The quantitative estimate of drug-likeness (QED) is 0.833. The van der Waals surface area contributed by atoms with Crippen LogP contribution in [0.25, 0.3) is 0 Å². The Kier molecular flexibility index (Phi) is 6.37. The highest BCUT2D eigenvalue weighted by Crippen LogP contribution is 2.23. The smallest absolute Gasteiger partial charge is 0.416 e. The summed E-state index contributed by atoms with van der Waals surface area (Å²) in [7, 11) is 0. The fraction of sp³-hybridized carbons (Fsp3) is 0.579. The average Bonchev–Trinajstić information content (AvgIpc) is 2.92. The van der Waals surface area contributed by atoms with Crippen molar-refractivity contribution in [3.8, 4) is 0 Å². The summed E-state index contributed by atoms with van der Waals surface area (Å²) in [6.07, 6.45) is 0.607. The van der Waals surface area contributed by atoms with Crippen LogP contribution in [0.2, 0.25) is 0 Å². The van der Waals surface area contributed by atoms with Gasteiger partial charge in [-0.3, -0.25) is 4.79 Å². The lowest BCUT2D eigenvalue weighted by atomic mass is 9.95. The second-order valence-electron chi connectivity index (χ2n) is 6.96. The van der Waals surface area contributed by atoms with E-state index in [2.05, 4.69) is 13.8 Å². The minimum absolute atomic E-state index is 0.203. The first-order chi connectivity index (χ1) is 11.4. The van der Waals surface area contributed by atoms with Gasteiger partial charge in [-0.2, -0.15) is 0 Å². The molecule has 1 saturated heterocycles. The summed E-state index contributed by atoms with van der Waals surface area (Å²) in [5.41, 5.74) is 1.05. The number of carbonyl (C=O) groups is 2. The van der Waals surface area contributed by atoms with Crippen molar-refractivity contribution < 1.29 is 19.4 Å². The van der Waals surface area contributed by atoms with E-state index < -0.39 is 18.1 Å². The van der Waals surface area contributed by atoms with Crippen LogP contribution in [0.5, 0.6) is 0 Å². The molecule has 1 aromatic rings. The first-order valence-corrected chi connectivity index (χ1v) is 8.62. The van der Waals surface area contributed by atoms with E-state index in [0.29, 0.717) is 18.8 Å². The zero-order valence-corrected chi connectivity index (χ0v) is 14.6. The van der Waals surface area contributed by atoms with Crippen molar-refractivity contribution in [2.45, 2.75) is 52.2 Å². The number of imide groups is 1. The highest BCUT2D eigenvalue weighted by molar-refractivity contribution is 5.94. The molecule has 2 rings (SSSR count). The lowest BCUT2D eigenvalue weighted by molar-refractivity contribution is -0.136. The Hall–Kier alpha value is -1.88. The summed E-state index contributed by atoms with van der Waals surface area (Å²) in [5, 5.41) is 10.3. The van der Waals surface area contributed by atoms with Crippen molar-refractivity contribution in [3.05, 3.63) is 35.9 Å². The molecule has 0 bridgehead atoms. The number of aliphatic hydroxyl groups excluding tert-OH is 1. The number of nitrogens with zero attached hydrogens (tertiary/aromatic N) is 1. The van der Waals surface area contributed by atoms with Gasteiger partial charge in [-0.25, -0.2) is 9.69 Å². The zero-order chi connectivity index (χ0) is 17.7. The summed E-state index contributed by atoms with van der Waals surface area (Å²) in [6.45, 7) is 6.03. The summed E-state index contributed by atoms with van der Waals surface area (Å²) in [4.78, 5) is 25.9. The third kappa shape index (κ3) is 4.57. The molecule has 0 saturated carbocycles. The molecule has 132 valence electrons. The Morgan fingerprint density at radius 2 is 1.92 bits per heavy atom. The number of aliphatic hydroxyl groups is 1. The summed E-state index contributed by atoms with van der Waals surface area (Å²) in [5.74, 6) is -0.508. The number of hydrogen-bond acceptors (Lipinski definition) is 4. The van der Waals surface area contributed by atoms with Gasteiger partial charge in [0.05, 0.1) is 18.1 Å². The van der Waals surface area contributed by atoms with Crippen molar-refractivity contribution in [3.63, 3.8) is 0 Å². The predicted molar refractivity (Wildman–Crippen MR) is 91.4 cm³/mol. The van der Waals surface area contributed by atoms with Crippen LogP contribution in [0.4, 0.5) is 4.79 Å². The van der Waals surface area contributed by atoms with Gasteiger partial charge in [0.2, 0.25) is 5.91 Å². The molecule has 24 heavy (non-hydrogen) atoms. The first kappa shape index (κ1) is 18.5. The molecule has 1 fully saturated rings. The lowest BCUT2D eigenvalue weighted by Gasteiger charge is -2.26. The van der Waals surface area contributed by atoms with Crippen LogP contribution in [0.15, 0.2) is 30.3 Å². The van der Waals surface area contributed by atoms with E-state index in [1.807, 2.05) is 30.3 Å². The van der Waals surface area contributed by atoms with E-state index >= 15 is 0 Å². The lowest BCUT2D eigenvalue weighted by Crippen LogP contribution is -2.45. The molecular formula is C19H27NO4. The molecule has 0 spiro atoms. The van der Waals surface area contributed by atoms with Gasteiger partial charge in [0, 0.05) is 0 Å². The molecule has 1 N–H and O–H groups in total. The van der Waals surface area contributed by atoms with Crippen LogP contribution in [-0.4, -0.2) is 40.8 Å². The van der Waals surface area contributed by atoms with Crippen LogP contribution in [-0.2, 0) is 16.0 Å². The summed E-state index contributed by atoms with van der Waals surface area (Å²) < 4.78 is 5.08. The van der Waals surface area contributed by atoms with E-state index in [1.165, 1.54) is 4.90 Å². The molecule has 0 unspecified atom stereocenters. The van der Waals surface area contributed by atoms with Crippen molar-refractivity contribution in [1.82, 2.24) is 4.90 Å². The maximum Gasteiger partial charge on any atom is 0.416 e. The third-order valence-corrected chi connectivity index (χ3v) is 4.52. The second-order valence-corrected chi connectivity index (χ2v) is 6.96. The Labute approximate surface area is 143 Å². The summed E-state index contributed by atoms with van der Waals surface area (Å²) >= 11 is 0. The molecule has 0 radical (unpaired) electrons. The maximum absolute atomic E-state index is 12.7. The van der Waals surface area contributed by atoms with Crippen LogP contribution >= 0.6 is 0 Å². The molecule has 5 heteroatoms. The Morgan fingerprint density at radius 1 is 1.25 bits per heavy atom. The number of benzene rings is 1. The molecule has 0 aliphatic carbocycles. The van der Waals surface area contributed by atoms with Gasteiger partial charge >= 0.3 is 6.09 Å². The van der Waals surface area contributed by atoms with E-state index in [4.69, 9.17) is 4.74 Å². The Bertz CT molecular complexity index is 558. The topological polar surface area (TPSA) is 66.8 Å². The van der Waals surface area contributed by atoms with Gasteiger partial charge in [-0.15, -0.1) is 0 Å². The second kappa shape index (κ2) is 8.29.